The van der Waals surface area contributed by atoms with E-state index >= 15 is 0 Å². The van der Waals surface area contributed by atoms with Crippen LogP contribution in [0.3, 0.4) is 0 Å². The van der Waals surface area contributed by atoms with Crippen LogP contribution in [0.2, 0.25) is 0 Å². The molecule has 1 N–H and O–H groups in total. The minimum Gasteiger partial charge on any atom is -0.386 e. The molecule has 10 atom stereocenters. The Morgan fingerprint density at radius 1 is 1.17 bits per heavy atom. The van der Waals surface area contributed by atoms with Crippen molar-refractivity contribution in [3.8, 4) is 0 Å². The highest BCUT2D eigenvalue weighted by atomic mass is 16.7. The molecule has 0 unspecified atom stereocenters. The van der Waals surface area contributed by atoms with Crippen LogP contribution >= 0.6 is 0 Å². The fraction of sp³-hybridized carbons (Fsp3) is 0.839. The molecule has 1 heterocycles. The summed E-state index contributed by atoms with van der Waals surface area (Å²) in [6.07, 6.45) is 9.94. The van der Waals surface area contributed by atoms with Crippen molar-refractivity contribution in [2.45, 2.75) is 111 Å². The summed E-state index contributed by atoms with van der Waals surface area (Å²) >= 11 is 0. The number of carbonyl (C=O) groups is 1. The summed E-state index contributed by atoms with van der Waals surface area (Å²) in [5.41, 5.74) is 2.81. The van der Waals surface area contributed by atoms with Crippen LogP contribution in [-0.4, -0.2) is 36.5 Å². The molecule has 0 radical (unpaired) electrons. The third-order valence-electron chi connectivity index (χ3n) is 12.4. The van der Waals surface area contributed by atoms with E-state index in [9.17, 15) is 9.90 Å². The number of Topliss-reactive ketones (excluding diaryl/α,β-unsaturated/α-hetero) is 1. The van der Waals surface area contributed by atoms with Gasteiger partial charge in [-0.25, -0.2) is 0 Å². The second-order valence-electron chi connectivity index (χ2n) is 14.1. The van der Waals surface area contributed by atoms with Crippen LogP contribution in [0.4, 0.5) is 0 Å². The van der Waals surface area contributed by atoms with Gasteiger partial charge in [-0.2, -0.15) is 0 Å². The van der Waals surface area contributed by atoms with Gasteiger partial charge in [0.2, 0.25) is 0 Å². The Bertz CT molecular complexity index is 934. The van der Waals surface area contributed by atoms with Crippen molar-refractivity contribution < 1.29 is 19.4 Å². The van der Waals surface area contributed by atoms with Gasteiger partial charge in [-0.05, 0) is 91.4 Å². The Morgan fingerprint density at radius 3 is 2.54 bits per heavy atom. The first-order valence-corrected chi connectivity index (χ1v) is 14.1. The Hall–Kier alpha value is -0.970. The number of ether oxygens (including phenoxy) is 2. The Balaban J connectivity index is 1.46. The average Bonchev–Trinajstić information content (AvgIpc) is 3.34. The molecule has 196 valence electrons. The van der Waals surface area contributed by atoms with Crippen LogP contribution in [-0.2, 0) is 14.3 Å². The molecule has 3 saturated carbocycles. The summed E-state index contributed by atoms with van der Waals surface area (Å²) in [5, 5.41) is 10.7. The number of rotatable bonds is 4. The molecule has 0 spiro atoms. The molecule has 4 fully saturated rings. The van der Waals surface area contributed by atoms with Gasteiger partial charge in [-0.3, -0.25) is 4.79 Å². The molecule has 0 aromatic heterocycles. The van der Waals surface area contributed by atoms with Gasteiger partial charge < -0.3 is 14.6 Å². The molecule has 35 heavy (non-hydrogen) atoms. The van der Waals surface area contributed by atoms with Crippen molar-refractivity contribution in [2.24, 2.45) is 45.3 Å². The monoisotopic (exact) mass is 484 g/mol. The topological polar surface area (TPSA) is 55.8 Å². The van der Waals surface area contributed by atoms with E-state index in [1.807, 2.05) is 6.92 Å². The van der Waals surface area contributed by atoms with E-state index in [4.69, 9.17) is 9.47 Å². The number of methoxy groups -OCH3 is 1. The van der Waals surface area contributed by atoms with Crippen LogP contribution in [0.25, 0.3) is 0 Å². The minimum absolute atomic E-state index is 0.170. The predicted octanol–water partition coefficient (Wildman–Crippen LogP) is 6.48. The molecule has 1 saturated heterocycles. The zero-order valence-corrected chi connectivity index (χ0v) is 23.2. The highest BCUT2D eigenvalue weighted by Crippen LogP contribution is 2.73. The Morgan fingerprint density at radius 2 is 1.89 bits per heavy atom. The lowest BCUT2D eigenvalue weighted by Crippen LogP contribution is -2.57. The first-order valence-electron chi connectivity index (χ1n) is 14.1. The standard InChI is InChI=1S/C31H48O4/c1-18(2)26(33)23-17-19(27(34-8)35-23)20-11-15-31(7)22-9-10-24-28(3,4)25(32)13-14-29(24,5)21(22)12-16-30(20,31)6/h9,19-21,23-24,26-27,33H,1,10-17H2,2-8H3/t19-,20-,21-,23+,24-,26+,27+,29+,30-,31+/m0/s1. The smallest absolute Gasteiger partial charge is 0.160 e. The minimum atomic E-state index is -0.635. The zero-order valence-electron chi connectivity index (χ0n) is 23.2. The number of aliphatic hydroxyl groups excluding tert-OH is 1. The van der Waals surface area contributed by atoms with Gasteiger partial charge >= 0.3 is 0 Å². The summed E-state index contributed by atoms with van der Waals surface area (Å²) < 4.78 is 12.1. The number of allylic oxidation sites excluding steroid dienone is 2. The van der Waals surface area contributed by atoms with Gasteiger partial charge in [0.05, 0.1) is 6.10 Å². The maximum absolute atomic E-state index is 12.9. The third kappa shape index (κ3) is 3.38. The van der Waals surface area contributed by atoms with E-state index in [1.165, 1.54) is 25.7 Å². The maximum Gasteiger partial charge on any atom is 0.160 e. The quantitative estimate of drug-likeness (QED) is 0.464. The van der Waals surface area contributed by atoms with Gasteiger partial charge in [-0.1, -0.05) is 52.8 Å². The van der Waals surface area contributed by atoms with E-state index in [1.54, 1.807) is 12.7 Å². The third-order valence-corrected chi connectivity index (χ3v) is 12.4. The molecule has 4 nitrogen and oxygen atoms in total. The van der Waals surface area contributed by atoms with E-state index in [0.717, 1.165) is 31.3 Å². The molecule has 0 amide bonds. The molecule has 0 bridgehead atoms. The molecular formula is C31H48O4. The first-order chi connectivity index (χ1) is 16.3. The fourth-order valence-corrected chi connectivity index (χ4v) is 10.1. The van der Waals surface area contributed by atoms with Crippen molar-refractivity contribution in [3.05, 3.63) is 23.8 Å². The predicted molar refractivity (Wildman–Crippen MR) is 139 cm³/mol. The number of hydrogen-bond acceptors (Lipinski definition) is 4. The van der Waals surface area contributed by atoms with Crippen molar-refractivity contribution in [2.75, 3.05) is 7.11 Å². The maximum atomic E-state index is 12.9. The van der Waals surface area contributed by atoms with Crippen LogP contribution in [0.15, 0.2) is 23.8 Å². The van der Waals surface area contributed by atoms with Crippen molar-refractivity contribution in [1.82, 2.24) is 0 Å². The van der Waals surface area contributed by atoms with Crippen molar-refractivity contribution in [3.63, 3.8) is 0 Å². The zero-order chi connectivity index (χ0) is 25.6. The van der Waals surface area contributed by atoms with Gasteiger partial charge in [0.25, 0.3) is 0 Å². The normalized spacial score (nSPS) is 49.6. The summed E-state index contributed by atoms with van der Waals surface area (Å²) in [7, 11) is 1.75. The molecule has 4 heteroatoms. The lowest BCUT2D eigenvalue weighted by Gasteiger charge is -2.63. The van der Waals surface area contributed by atoms with Gasteiger partial charge in [0.1, 0.15) is 11.9 Å². The lowest BCUT2D eigenvalue weighted by atomic mass is 9.41. The lowest BCUT2D eigenvalue weighted by molar-refractivity contribution is -0.162. The number of hydrogen-bond donors (Lipinski definition) is 1. The highest BCUT2D eigenvalue weighted by Gasteiger charge is 2.66. The second-order valence-corrected chi connectivity index (χ2v) is 14.1. The summed E-state index contributed by atoms with van der Waals surface area (Å²) in [5.74, 6) is 2.29. The molecule has 4 aliphatic carbocycles. The molecule has 5 rings (SSSR count). The molecule has 5 aliphatic rings. The second kappa shape index (κ2) is 8.27. The largest absolute Gasteiger partial charge is 0.386 e. The van der Waals surface area contributed by atoms with E-state index in [2.05, 4.69) is 47.3 Å². The summed E-state index contributed by atoms with van der Waals surface area (Å²) in [6, 6.07) is 0. The molecular weight excluding hydrogens is 436 g/mol. The van der Waals surface area contributed by atoms with E-state index < -0.39 is 6.10 Å². The average molecular weight is 485 g/mol. The van der Waals surface area contributed by atoms with Gasteiger partial charge in [0.15, 0.2) is 6.29 Å². The van der Waals surface area contributed by atoms with Crippen LogP contribution in [0.1, 0.15) is 92.9 Å². The van der Waals surface area contributed by atoms with Crippen molar-refractivity contribution >= 4 is 5.78 Å². The van der Waals surface area contributed by atoms with Crippen LogP contribution < -0.4 is 0 Å². The SMILES string of the molecule is C=C(C)[C@@H](O)[C@H]1C[C@@H]([C@@H]2CC[C@]3(C)C4=CC[C@H]5C(C)(C)C(=O)CC[C@]5(C)[C@H]4CC[C@@]23C)[C@H](OC)O1. The molecule has 0 aromatic carbocycles. The number of aliphatic hydroxyl groups is 1. The number of fused-ring (bicyclic) bond motifs is 5. The Kier molecular flexibility index (Phi) is 6.06. The summed E-state index contributed by atoms with van der Waals surface area (Å²) in [6.45, 7) is 17.9. The van der Waals surface area contributed by atoms with Gasteiger partial charge in [-0.15, -0.1) is 0 Å². The highest BCUT2D eigenvalue weighted by molar-refractivity contribution is 5.85. The number of carbonyl (C=O) groups excluding carboxylic acids is 1. The number of ketones is 1. The van der Waals surface area contributed by atoms with Crippen molar-refractivity contribution in [1.29, 1.82) is 0 Å². The fourth-order valence-electron chi connectivity index (χ4n) is 10.1. The first kappa shape index (κ1) is 25.7. The molecule has 1 aliphatic heterocycles. The summed E-state index contributed by atoms with van der Waals surface area (Å²) in [4.78, 5) is 12.9. The molecule has 0 aromatic rings. The van der Waals surface area contributed by atoms with E-state index in [-0.39, 0.29) is 34.1 Å². The van der Waals surface area contributed by atoms with Gasteiger partial charge in [0, 0.05) is 24.9 Å². The Labute approximate surface area is 212 Å². The van der Waals surface area contributed by atoms with E-state index in [0.29, 0.717) is 29.5 Å². The van der Waals surface area contributed by atoms with Crippen LogP contribution in [0.5, 0.6) is 0 Å². The van der Waals surface area contributed by atoms with Crippen LogP contribution in [0, 0.1) is 45.3 Å².